The van der Waals surface area contributed by atoms with Gasteiger partial charge in [0, 0.05) is 12.6 Å². The molecule has 0 unspecified atom stereocenters. The van der Waals surface area contributed by atoms with Crippen molar-refractivity contribution in [1.29, 1.82) is 0 Å². The summed E-state index contributed by atoms with van der Waals surface area (Å²) in [7, 11) is 0. The van der Waals surface area contributed by atoms with Crippen LogP contribution in [-0.4, -0.2) is 33.6 Å². The Morgan fingerprint density at radius 2 is 2.05 bits per heavy atom. The average Bonchev–Trinajstić information content (AvgIpc) is 2.38. The van der Waals surface area contributed by atoms with Gasteiger partial charge in [-0.25, -0.2) is 0 Å². The van der Waals surface area contributed by atoms with Crippen LogP contribution in [-0.2, 0) is 6.54 Å². The van der Waals surface area contributed by atoms with Crippen molar-refractivity contribution in [2.75, 3.05) is 13.1 Å². The van der Waals surface area contributed by atoms with Crippen LogP contribution in [0.25, 0.3) is 0 Å². The normalized spacial score (nSPS) is 17.9. The molecule has 5 nitrogen and oxygen atoms in total. The Labute approximate surface area is 123 Å². The molecule has 0 aromatic heterocycles. The largest absolute Gasteiger partial charge is 0.390 e. The summed E-state index contributed by atoms with van der Waals surface area (Å²) < 4.78 is 13.6. The lowest BCUT2D eigenvalue weighted by Gasteiger charge is -2.37. The minimum atomic E-state index is -0.788. The molecule has 0 spiro atoms. The minimum absolute atomic E-state index is 0.280. The van der Waals surface area contributed by atoms with Gasteiger partial charge in [-0.3, -0.25) is 15.0 Å². The van der Waals surface area contributed by atoms with Crippen LogP contribution < -0.4 is 0 Å². The number of benzene rings is 1. The van der Waals surface area contributed by atoms with Gasteiger partial charge in [0.25, 0.3) is 0 Å². The highest BCUT2D eigenvalue weighted by atomic mass is 19.1. The molecule has 0 bridgehead atoms. The number of halogens is 1. The molecule has 1 aliphatic rings. The first-order valence-electron chi connectivity index (χ1n) is 7.15. The number of hydrogen-bond acceptors (Lipinski definition) is 4. The van der Waals surface area contributed by atoms with E-state index in [0.29, 0.717) is 6.54 Å². The summed E-state index contributed by atoms with van der Waals surface area (Å²) in [4.78, 5) is 12.1. The minimum Gasteiger partial charge on any atom is -0.390 e. The molecule has 1 saturated heterocycles. The predicted octanol–water partition coefficient (Wildman–Crippen LogP) is 2.72. The van der Waals surface area contributed by atoms with Crippen LogP contribution in [0.5, 0.6) is 0 Å². The second kappa shape index (κ2) is 6.07. The Hall–Kier alpha value is -1.53. The van der Waals surface area contributed by atoms with Crippen molar-refractivity contribution in [3.8, 4) is 0 Å². The van der Waals surface area contributed by atoms with E-state index < -0.39 is 22.0 Å². The highest BCUT2D eigenvalue weighted by Gasteiger charge is 2.30. The molecule has 116 valence electrons. The van der Waals surface area contributed by atoms with Gasteiger partial charge in [-0.1, -0.05) is 6.07 Å². The molecular formula is C15H21FN2O3. The van der Waals surface area contributed by atoms with E-state index in [-0.39, 0.29) is 5.92 Å². The highest BCUT2D eigenvalue weighted by Crippen LogP contribution is 2.28. The van der Waals surface area contributed by atoms with Crippen LogP contribution in [0, 0.1) is 21.8 Å². The summed E-state index contributed by atoms with van der Waals surface area (Å²) in [5, 5.41) is 20.6. The molecule has 1 aromatic rings. The van der Waals surface area contributed by atoms with Gasteiger partial charge in [0.2, 0.25) is 5.82 Å². The number of nitro benzene ring substituents is 1. The molecule has 6 heteroatoms. The third-order valence-electron chi connectivity index (χ3n) is 4.20. The number of nitro groups is 1. The van der Waals surface area contributed by atoms with E-state index in [1.165, 1.54) is 12.1 Å². The fraction of sp³-hybridized carbons (Fsp3) is 0.600. The Balaban J connectivity index is 1.95. The maximum Gasteiger partial charge on any atom is 0.304 e. The fourth-order valence-electron chi connectivity index (χ4n) is 2.85. The molecule has 0 radical (unpaired) electrons. The number of piperidine rings is 1. The second-order valence-electron chi connectivity index (χ2n) is 6.25. The Morgan fingerprint density at radius 1 is 1.43 bits per heavy atom. The van der Waals surface area contributed by atoms with Crippen LogP contribution in [0.2, 0.25) is 0 Å². The first-order valence-corrected chi connectivity index (χ1v) is 7.15. The lowest BCUT2D eigenvalue weighted by Crippen LogP contribution is -2.41. The molecule has 0 atom stereocenters. The van der Waals surface area contributed by atoms with E-state index in [1.807, 2.05) is 13.8 Å². The summed E-state index contributed by atoms with van der Waals surface area (Å²) in [6.45, 7) is 5.92. The molecule has 1 aromatic carbocycles. The third-order valence-corrected chi connectivity index (χ3v) is 4.20. The molecule has 0 saturated carbocycles. The summed E-state index contributed by atoms with van der Waals surface area (Å²) >= 11 is 0. The van der Waals surface area contributed by atoms with Crippen molar-refractivity contribution < 1.29 is 14.4 Å². The van der Waals surface area contributed by atoms with Crippen molar-refractivity contribution in [1.82, 2.24) is 4.90 Å². The highest BCUT2D eigenvalue weighted by molar-refractivity contribution is 5.34. The Morgan fingerprint density at radius 3 is 2.52 bits per heavy atom. The van der Waals surface area contributed by atoms with Crippen LogP contribution in [0.1, 0.15) is 32.3 Å². The van der Waals surface area contributed by atoms with Gasteiger partial charge in [-0.2, -0.15) is 4.39 Å². The lowest BCUT2D eigenvalue weighted by atomic mass is 9.83. The van der Waals surface area contributed by atoms with Gasteiger partial charge >= 0.3 is 5.69 Å². The molecule has 1 aliphatic heterocycles. The summed E-state index contributed by atoms with van der Waals surface area (Å²) in [5.41, 5.74) is -0.412. The monoisotopic (exact) mass is 296 g/mol. The SMILES string of the molecule is CC(C)(O)C1CCN(Cc2ccc([N+](=O)[O-])c(F)c2)CC1. The maximum atomic E-state index is 13.6. The number of rotatable bonds is 4. The summed E-state index contributed by atoms with van der Waals surface area (Å²) in [6, 6.07) is 4.05. The van der Waals surface area contributed by atoms with E-state index >= 15 is 0 Å². The zero-order chi connectivity index (χ0) is 15.6. The van der Waals surface area contributed by atoms with Gasteiger partial charge in [0.1, 0.15) is 0 Å². The zero-order valence-corrected chi connectivity index (χ0v) is 12.4. The van der Waals surface area contributed by atoms with Crippen molar-refractivity contribution in [2.24, 2.45) is 5.92 Å². The standard InChI is InChI=1S/C15H21FN2O3/c1-15(2,19)12-5-7-17(8-6-12)10-11-3-4-14(18(20)21)13(16)9-11/h3-4,9,12,19H,5-8,10H2,1-2H3. The molecule has 1 heterocycles. The van der Waals surface area contributed by atoms with Gasteiger partial charge in [-0.15, -0.1) is 0 Å². The second-order valence-corrected chi connectivity index (χ2v) is 6.25. The van der Waals surface area contributed by atoms with Gasteiger partial charge in [0.05, 0.1) is 10.5 Å². The summed E-state index contributed by atoms with van der Waals surface area (Å²) in [6.07, 6.45) is 1.80. The summed E-state index contributed by atoms with van der Waals surface area (Å²) in [5.74, 6) is -0.508. The number of nitrogens with zero attached hydrogens (tertiary/aromatic N) is 2. The maximum absolute atomic E-state index is 13.6. The first kappa shape index (κ1) is 15.9. The predicted molar refractivity (Wildman–Crippen MR) is 77.4 cm³/mol. The number of aliphatic hydroxyl groups is 1. The van der Waals surface area contributed by atoms with Crippen LogP contribution in [0.4, 0.5) is 10.1 Å². The van der Waals surface area contributed by atoms with E-state index in [9.17, 15) is 19.6 Å². The van der Waals surface area contributed by atoms with Crippen molar-refractivity contribution in [3.63, 3.8) is 0 Å². The molecule has 2 rings (SSSR count). The molecule has 1 N–H and O–H groups in total. The van der Waals surface area contributed by atoms with E-state index in [2.05, 4.69) is 4.90 Å². The van der Waals surface area contributed by atoms with Gasteiger partial charge in [-0.05, 0) is 57.3 Å². The first-order chi connectivity index (χ1) is 9.77. The van der Waals surface area contributed by atoms with E-state index in [4.69, 9.17) is 0 Å². The Bertz CT molecular complexity index is 520. The molecule has 21 heavy (non-hydrogen) atoms. The van der Waals surface area contributed by atoms with Crippen LogP contribution in [0.3, 0.4) is 0 Å². The van der Waals surface area contributed by atoms with Crippen molar-refractivity contribution in [2.45, 2.75) is 38.8 Å². The molecule has 0 aliphatic carbocycles. The Kier molecular flexibility index (Phi) is 4.58. The molecule has 1 fully saturated rings. The molecular weight excluding hydrogens is 275 g/mol. The topological polar surface area (TPSA) is 66.6 Å². The molecule has 0 amide bonds. The number of likely N-dealkylation sites (tertiary alicyclic amines) is 1. The number of hydrogen-bond donors (Lipinski definition) is 1. The van der Waals surface area contributed by atoms with Crippen molar-refractivity contribution in [3.05, 3.63) is 39.7 Å². The smallest absolute Gasteiger partial charge is 0.304 e. The lowest BCUT2D eigenvalue weighted by molar-refractivity contribution is -0.387. The quantitative estimate of drug-likeness (QED) is 0.685. The third kappa shape index (κ3) is 3.98. The van der Waals surface area contributed by atoms with Crippen LogP contribution in [0.15, 0.2) is 18.2 Å². The van der Waals surface area contributed by atoms with E-state index in [0.717, 1.165) is 31.5 Å². The van der Waals surface area contributed by atoms with E-state index in [1.54, 1.807) is 6.07 Å². The van der Waals surface area contributed by atoms with Crippen molar-refractivity contribution >= 4 is 5.69 Å². The fourth-order valence-corrected chi connectivity index (χ4v) is 2.85. The average molecular weight is 296 g/mol. The zero-order valence-electron chi connectivity index (χ0n) is 12.4. The van der Waals surface area contributed by atoms with Gasteiger partial charge in [0.15, 0.2) is 0 Å². The van der Waals surface area contributed by atoms with Crippen LogP contribution >= 0.6 is 0 Å². The van der Waals surface area contributed by atoms with Gasteiger partial charge < -0.3 is 5.11 Å².